The highest BCUT2D eigenvalue weighted by Gasteiger charge is 2.23. The number of nitrogens with one attached hydrogen (secondary N) is 1. The SMILES string of the molecule is CCCCCCC/C=C\C/C=C\C/C=C\CCCCCCCCC(=O)NC(COP(=O)([O-])OCC[N+](C)(C)C)C(O)/C=C/CCCCCCCCCCCCCCCCCCCCCCCCCCCC. The Kier molecular flexibility index (Phi) is 52.1. The predicted octanol–water partition coefficient (Wildman–Crippen LogP) is 18.1. The van der Waals surface area contributed by atoms with E-state index in [0.717, 1.165) is 64.2 Å². The molecule has 71 heavy (non-hydrogen) atoms. The molecule has 0 aliphatic rings. The number of quaternary nitrogens is 1. The van der Waals surface area contributed by atoms with E-state index in [0.29, 0.717) is 17.4 Å². The summed E-state index contributed by atoms with van der Waals surface area (Å²) in [7, 11) is 1.26. The Labute approximate surface area is 441 Å². The smallest absolute Gasteiger partial charge is 0.268 e. The summed E-state index contributed by atoms with van der Waals surface area (Å²) in [6.07, 6.45) is 70.5. The summed E-state index contributed by atoms with van der Waals surface area (Å²) >= 11 is 0. The van der Waals surface area contributed by atoms with Gasteiger partial charge in [0.1, 0.15) is 13.2 Å². The number of amides is 1. The Hall–Kier alpha value is -1.54. The van der Waals surface area contributed by atoms with Crippen LogP contribution in [0.15, 0.2) is 48.6 Å². The quantitative estimate of drug-likeness (QED) is 0.0272. The Morgan fingerprint density at radius 2 is 0.817 bits per heavy atom. The van der Waals surface area contributed by atoms with Crippen LogP contribution in [-0.4, -0.2) is 68.5 Å². The maximum Gasteiger partial charge on any atom is 0.268 e. The number of allylic oxidation sites excluding steroid dienone is 7. The number of aliphatic hydroxyl groups is 1. The number of aliphatic hydroxyl groups excluding tert-OH is 1. The van der Waals surface area contributed by atoms with Gasteiger partial charge in [0.2, 0.25) is 5.91 Å². The van der Waals surface area contributed by atoms with E-state index >= 15 is 0 Å². The number of rotatable bonds is 56. The van der Waals surface area contributed by atoms with Gasteiger partial charge in [-0.2, -0.15) is 0 Å². The van der Waals surface area contributed by atoms with Crippen molar-refractivity contribution in [1.29, 1.82) is 0 Å². The largest absolute Gasteiger partial charge is 0.756 e. The molecule has 9 heteroatoms. The standard InChI is InChI=1S/C62H119N2O6P/c1-6-8-10-12-14-16-18-20-22-24-26-28-29-30-31-32-33-34-36-37-39-41-43-45-47-49-51-53-55-61(65)60(59-70-71(67,68)69-58-57-64(3,4)5)63-62(66)56-54-52-50-48-46-44-42-40-38-35-27-25-23-21-19-17-15-13-11-9-7-2/h19,21,25,27,38,40,53,55,60-61,65H,6-18,20,22-24,26,28-37,39,41-52,54,56-59H2,1-5H3,(H-,63,66,67,68)/b21-19-,27-25-,40-38-,55-53+. The van der Waals surface area contributed by atoms with Gasteiger partial charge in [-0.3, -0.25) is 9.36 Å². The van der Waals surface area contributed by atoms with Crippen molar-refractivity contribution in [3.05, 3.63) is 48.6 Å². The topological polar surface area (TPSA) is 108 Å². The van der Waals surface area contributed by atoms with E-state index < -0.39 is 20.0 Å². The number of carbonyl (C=O) groups excluding carboxylic acids is 1. The molecule has 0 bridgehead atoms. The molecule has 0 saturated carbocycles. The summed E-state index contributed by atoms with van der Waals surface area (Å²) < 4.78 is 23.4. The minimum absolute atomic E-state index is 0.00463. The lowest BCUT2D eigenvalue weighted by molar-refractivity contribution is -0.870. The second kappa shape index (κ2) is 53.3. The number of phosphoric acid groups is 1. The number of unbranched alkanes of at least 4 members (excludes halogenated alkanes) is 37. The van der Waals surface area contributed by atoms with Gasteiger partial charge < -0.3 is 28.8 Å². The molecule has 3 unspecified atom stereocenters. The minimum Gasteiger partial charge on any atom is -0.756 e. The fourth-order valence-corrected chi connectivity index (χ4v) is 9.71. The van der Waals surface area contributed by atoms with Crippen LogP contribution < -0.4 is 10.2 Å². The summed E-state index contributed by atoms with van der Waals surface area (Å²) in [5, 5.41) is 13.9. The molecule has 0 aromatic heterocycles. The van der Waals surface area contributed by atoms with Gasteiger partial charge in [-0.1, -0.05) is 274 Å². The Morgan fingerprint density at radius 3 is 1.18 bits per heavy atom. The number of likely N-dealkylation sites (N-methyl/N-ethyl adjacent to an activating group) is 1. The van der Waals surface area contributed by atoms with Crippen molar-refractivity contribution in [2.75, 3.05) is 40.9 Å². The average Bonchev–Trinajstić information content (AvgIpc) is 3.33. The summed E-state index contributed by atoms with van der Waals surface area (Å²) in [5.41, 5.74) is 0. The lowest BCUT2D eigenvalue weighted by Crippen LogP contribution is -2.45. The maximum atomic E-state index is 13.0. The molecule has 0 aliphatic carbocycles. The van der Waals surface area contributed by atoms with E-state index in [1.54, 1.807) is 6.08 Å². The first-order valence-corrected chi connectivity index (χ1v) is 32.0. The van der Waals surface area contributed by atoms with E-state index in [-0.39, 0.29) is 19.1 Å². The molecule has 418 valence electrons. The second-order valence-corrected chi connectivity index (χ2v) is 23.5. The van der Waals surface area contributed by atoms with E-state index in [9.17, 15) is 19.4 Å². The van der Waals surface area contributed by atoms with Crippen molar-refractivity contribution < 1.29 is 32.9 Å². The highest BCUT2D eigenvalue weighted by atomic mass is 31.2. The summed E-state index contributed by atoms with van der Waals surface area (Å²) in [4.78, 5) is 25.5. The van der Waals surface area contributed by atoms with Crippen LogP contribution in [0.5, 0.6) is 0 Å². The molecular formula is C62H119N2O6P. The molecule has 2 N–H and O–H groups in total. The van der Waals surface area contributed by atoms with Crippen LogP contribution in [0.25, 0.3) is 0 Å². The van der Waals surface area contributed by atoms with Gasteiger partial charge >= 0.3 is 0 Å². The van der Waals surface area contributed by atoms with E-state index in [4.69, 9.17) is 9.05 Å². The van der Waals surface area contributed by atoms with E-state index in [1.807, 2.05) is 27.2 Å². The maximum absolute atomic E-state index is 13.0. The molecule has 0 rings (SSSR count). The van der Waals surface area contributed by atoms with Crippen LogP contribution in [0.1, 0.15) is 290 Å². The van der Waals surface area contributed by atoms with Gasteiger partial charge in [0.05, 0.1) is 39.9 Å². The molecule has 0 aliphatic heterocycles. The van der Waals surface area contributed by atoms with E-state index in [1.165, 1.54) is 205 Å². The van der Waals surface area contributed by atoms with Crippen molar-refractivity contribution >= 4 is 13.7 Å². The summed E-state index contributed by atoms with van der Waals surface area (Å²) in [5.74, 6) is -0.207. The zero-order valence-electron chi connectivity index (χ0n) is 47.7. The molecule has 8 nitrogen and oxygen atoms in total. The van der Waals surface area contributed by atoms with Crippen molar-refractivity contribution in [1.82, 2.24) is 5.32 Å². The highest BCUT2D eigenvalue weighted by molar-refractivity contribution is 7.45. The molecule has 0 radical (unpaired) electrons. The van der Waals surface area contributed by atoms with Gasteiger partial charge in [0.25, 0.3) is 7.82 Å². The number of carbonyl (C=O) groups is 1. The zero-order valence-corrected chi connectivity index (χ0v) is 48.6. The van der Waals surface area contributed by atoms with Crippen LogP contribution in [0.2, 0.25) is 0 Å². The fraction of sp³-hybridized carbons (Fsp3) is 0.855. The van der Waals surface area contributed by atoms with Crippen LogP contribution in [-0.2, 0) is 18.4 Å². The third kappa shape index (κ3) is 56.0. The van der Waals surface area contributed by atoms with Crippen LogP contribution in [0, 0.1) is 0 Å². The first-order valence-electron chi connectivity index (χ1n) is 30.5. The Bertz CT molecular complexity index is 1290. The molecule has 0 fully saturated rings. The number of nitrogens with zero attached hydrogens (tertiary/aromatic N) is 1. The highest BCUT2D eigenvalue weighted by Crippen LogP contribution is 2.38. The molecule has 1 amide bonds. The first kappa shape index (κ1) is 69.5. The Balaban J connectivity index is 4.19. The molecule has 0 saturated heterocycles. The lowest BCUT2D eigenvalue weighted by Gasteiger charge is -2.29. The van der Waals surface area contributed by atoms with Gasteiger partial charge in [0, 0.05) is 6.42 Å². The third-order valence-corrected chi connectivity index (χ3v) is 14.7. The van der Waals surface area contributed by atoms with Gasteiger partial charge in [-0.05, 0) is 57.8 Å². The lowest BCUT2D eigenvalue weighted by atomic mass is 10.0. The predicted molar refractivity (Wildman–Crippen MR) is 307 cm³/mol. The normalized spacial score (nSPS) is 14.2. The third-order valence-electron chi connectivity index (χ3n) is 13.8. The van der Waals surface area contributed by atoms with Gasteiger partial charge in [0.15, 0.2) is 0 Å². The number of hydrogen-bond acceptors (Lipinski definition) is 6. The second-order valence-electron chi connectivity index (χ2n) is 22.1. The molecule has 0 spiro atoms. The van der Waals surface area contributed by atoms with Gasteiger partial charge in [-0.15, -0.1) is 0 Å². The van der Waals surface area contributed by atoms with Crippen molar-refractivity contribution in [2.45, 2.75) is 302 Å². The average molecular weight is 1020 g/mol. The van der Waals surface area contributed by atoms with Crippen LogP contribution in [0.3, 0.4) is 0 Å². The molecule has 0 aromatic carbocycles. The number of hydrogen-bond donors (Lipinski definition) is 2. The molecular weight excluding hydrogens is 900 g/mol. The van der Waals surface area contributed by atoms with E-state index in [2.05, 4.69) is 55.6 Å². The monoisotopic (exact) mass is 1020 g/mol. The van der Waals surface area contributed by atoms with Crippen molar-refractivity contribution in [3.63, 3.8) is 0 Å². The molecule has 3 atom stereocenters. The molecule has 0 aromatic rings. The summed E-state index contributed by atoms with van der Waals surface area (Å²) in [6, 6.07) is -0.896. The van der Waals surface area contributed by atoms with Crippen molar-refractivity contribution in [3.8, 4) is 0 Å². The number of phosphoric ester groups is 1. The fourth-order valence-electron chi connectivity index (χ4n) is 8.99. The molecule has 0 heterocycles. The zero-order chi connectivity index (χ0) is 52.0. The van der Waals surface area contributed by atoms with Crippen LogP contribution >= 0.6 is 7.82 Å². The first-order chi connectivity index (χ1) is 34.5. The van der Waals surface area contributed by atoms with Gasteiger partial charge in [-0.25, -0.2) is 0 Å². The van der Waals surface area contributed by atoms with Crippen molar-refractivity contribution in [2.24, 2.45) is 0 Å². The minimum atomic E-state index is -4.60. The van der Waals surface area contributed by atoms with Crippen LogP contribution in [0.4, 0.5) is 0 Å². The summed E-state index contributed by atoms with van der Waals surface area (Å²) in [6.45, 7) is 4.66. The Morgan fingerprint density at radius 1 is 0.493 bits per heavy atom.